The fourth-order valence-electron chi connectivity index (χ4n) is 0.417. The van der Waals surface area contributed by atoms with Gasteiger partial charge < -0.3 is 4.74 Å². The van der Waals surface area contributed by atoms with Crippen LogP contribution in [0, 0.1) is 12.3 Å². The van der Waals surface area contributed by atoms with Crippen LogP contribution in [0.25, 0.3) is 0 Å². The Labute approximate surface area is 78.9 Å². The summed E-state index contributed by atoms with van der Waals surface area (Å²) in [5, 5.41) is 0.959. The topological polar surface area (TPSA) is 38.8 Å². The molecule has 1 unspecified atom stereocenters. The fraction of sp³-hybridized carbons (Fsp3) is 0.500. The maximum atomic E-state index is 10.8. The number of halogens is 1. The van der Waals surface area contributed by atoms with Crippen LogP contribution in [0.4, 0.5) is 4.79 Å². The lowest BCUT2D eigenvalue weighted by Crippen LogP contribution is -2.34. The molecule has 1 amide bonds. The molecule has 0 radical (unpaired) electrons. The molecule has 11 heavy (non-hydrogen) atoms. The zero-order valence-corrected chi connectivity index (χ0v) is 8.36. The number of nitrogens with zero attached hydrogens (tertiary/aromatic N) is 1. The van der Waals surface area contributed by atoms with E-state index in [0.29, 0.717) is 0 Å². The maximum absolute atomic E-state index is 10.8. The predicted octanol–water partition coefficient (Wildman–Crippen LogP) is 1.01. The van der Waals surface area contributed by atoms with Gasteiger partial charge in [0.25, 0.3) is 0 Å². The largest absolute Gasteiger partial charge is 0.451 e. The summed E-state index contributed by atoms with van der Waals surface area (Å²) in [5.74, 6) is 2.32. The van der Waals surface area contributed by atoms with Gasteiger partial charge in [0.1, 0.15) is 0 Å². The number of terminal acetylenes is 1. The van der Waals surface area contributed by atoms with E-state index in [1.807, 2.05) is 22.6 Å². The van der Waals surface area contributed by atoms with Crippen molar-refractivity contribution in [3.63, 3.8) is 0 Å². The van der Waals surface area contributed by atoms with Crippen molar-refractivity contribution >= 4 is 28.7 Å². The molecule has 62 valence electrons. The lowest BCUT2D eigenvalue weighted by molar-refractivity contribution is -0.101. The predicted molar refractivity (Wildman–Crippen MR) is 47.9 cm³/mol. The van der Waals surface area contributed by atoms with Crippen LogP contribution in [0.2, 0.25) is 0 Å². The minimum atomic E-state index is -0.607. The fourth-order valence-corrected chi connectivity index (χ4v) is 0.872. The second-order valence-electron chi connectivity index (χ2n) is 1.48. The number of hydrogen-bond donors (Lipinski definition) is 0. The van der Waals surface area contributed by atoms with Gasteiger partial charge in [-0.1, -0.05) is 5.92 Å². The molecular weight excluding hydrogens is 261 g/mol. The molecular formula is C6H8INO3. The van der Waals surface area contributed by atoms with Crippen LogP contribution in [0.15, 0.2) is 0 Å². The first-order valence-electron chi connectivity index (χ1n) is 2.68. The average molecular weight is 269 g/mol. The highest BCUT2D eigenvalue weighted by atomic mass is 127. The first-order valence-corrected chi connectivity index (χ1v) is 3.93. The summed E-state index contributed by atoms with van der Waals surface area (Å²) in [6.45, 7) is 0. The Balaban J connectivity index is 4.18. The second kappa shape index (κ2) is 5.21. The van der Waals surface area contributed by atoms with Gasteiger partial charge in [-0.3, -0.25) is 4.84 Å². The summed E-state index contributed by atoms with van der Waals surface area (Å²) in [5.41, 5.74) is 0. The highest BCUT2D eigenvalue weighted by molar-refractivity contribution is 14.1. The van der Waals surface area contributed by atoms with Crippen molar-refractivity contribution in [2.75, 3.05) is 14.2 Å². The summed E-state index contributed by atoms with van der Waals surface area (Å²) >= 11 is 1.87. The number of amides is 1. The Morgan fingerprint density at radius 1 is 1.73 bits per heavy atom. The Morgan fingerprint density at radius 3 is 2.55 bits per heavy atom. The van der Waals surface area contributed by atoms with Crippen molar-refractivity contribution in [3.05, 3.63) is 0 Å². The highest BCUT2D eigenvalue weighted by Crippen LogP contribution is 2.07. The summed E-state index contributed by atoms with van der Waals surface area (Å²) < 4.78 is 3.93. The number of carbonyl (C=O) groups is 1. The van der Waals surface area contributed by atoms with E-state index >= 15 is 0 Å². The molecule has 0 N–H and O–H groups in total. The molecule has 0 saturated carbocycles. The van der Waals surface area contributed by atoms with Crippen LogP contribution in [-0.2, 0) is 9.57 Å². The van der Waals surface area contributed by atoms with E-state index in [4.69, 9.17) is 6.42 Å². The molecule has 0 aromatic rings. The zero-order chi connectivity index (χ0) is 8.85. The van der Waals surface area contributed by atoms with Gasteiger partial charge in [-0.05, 0) is 22.6 Å². The van der Waals surface area contributed by atoms with Gasteiger partial charge in [-0.25, -0.2) is 4.79 Å². The summed E-state index contributed by atoms with van der Waals surface area (Å²) in [7, 11) is 2.61. The smallest absolute Gasteiger partial charge is 0.435 e. The highest BCUT2D eigenvalue weighted by Gasteiger charge is 2.19. The molecule has 4 nitrogen and oxygen atoms in total. The number of hydroxylamine groups is 2. The van der Waals surface area contributed by atoms with E-state index in [1.54, 1.807) is 0 Å². The van der Waals surface area contributed by atoms with E-state index in [1.165, 1.54) is 14.2 Å². The van der Waals surface area contributed by atoms with Gasteiger partial charge in [-0.15, -0.1) is 6.42 Å². The molecule has 5 heteroatoms. The lowest BCUT2D eigenvalue weighted by atomic mass is 10.7. The average Bonchev–Trinajstić information content (AvgIpc) is 2.05. The first-order chi connectivity index (χ1) is 5.17. The quantitative estimate of drug-likeness (QED) is 0.247. The minimum absolute atomic E-state index is 0.454. The van der Waals surface area contributed by atoms with Crippen LogP contribution in [0.5, 0.6) is 0 Å². The van der Waals surface area contributed by atoms with E-state index in [0.717, 1.165) is 5.06 Å². The third-order valence-corrected chi connectivity index (χ3v) is 1.76. The molecule has 0 saturated heterocycles. The summed E-state index contributed by atoms with van der Waals surface area (Å²) in [6, 6.07) is 0. The standard InChI is InChI=1S/C6H8INO3/c1-4-5(7)8(11-3)6(9)10-2/h1,5H,2-3H3. The molecule has 0 heterocycles. The van der Waals surface area contributed by atoms with Crippen LogP contribution in [-0.4, -0.2) is 29.4 Å². The summed E-state index contributed by atoms with van der Waals surface area (Å²) in [4.78, 5) is 15.5. The molecule has 0 aromatic carbocycles. The van der Waals surface area contributed by atoms with Crippen LogP contribution < -0.4 is 0 Å². The molecule has 0 spiro atoms. The van der Waals surface area contributed by atoms with Gasteiger partial charge >= 0.3 is 6.09 Å². The third-order valence-electron chi connectivity index (χ3n) is 0.895. The van der Waals surface area contributed by atoms with Crippen molar-refractivity contribution in [2.45, 2.75) is 4.05 Å². The number of rotatable bonds is 2. The number of carbonyl (C=O) groups excluding carboxylic acids is 1. The van der Waals surface area contributed by atoms with Gasteiger partial charge in [0.2, 0.25) is 0 Å². The second-order valence-corrected chi connectivity index (χ2v) is 2.66. The van der Waals surface area contributed by atoms with Crippen molar-refractivity contribution in [3.8, 4) is 12.3 Å². The molecule has 0 aliphatic carbocycles. The Kier molecular flexibility index (Phi) is 4.98. The number of methoxy groups -OCH3 is 1. The summed E-state index contributed by atoms with van der Waals surface area (Å²) in [6.07, 6.45) is 4.45. The molecule has 0 aliphatic rings. The molecule has 0 aromatic heterocycles. The van der Waals surface area contributed by atoms with Gasteiger partial charge in [0.15, 0.2) is 4.05 Å². The molecule has 0 aliphatic heterocycles. The number of hydrogen-bond acceptors (Lipinski definition) is 3. The lowest BCUT2D eigenvalue weighted by Gasteiger charge is -2.19. The van der Waals surface area contributed by atoms with Crippen LogP contribution >= 0.6 is 22.6 Å². The Morgan fingerprint density at radius 2 is 2.27 bits per heavy atom. The Hall–Kier alpha value is -0.480. The SMILES string of the molecule is C#CC(I)N(OC)C(=O)OC. The van der Waals surface area contributed by atoms with Crippen molar-refractivity contribution in [1.82, 2.24) is 5.06 Å². The van der Waals surface area contributed by atoms with Crippen LogP contribution in [0.3, 0.4) is 0 Å². The minimum Gasteiger partial charge on any atom is -0.451 e. The van der Waals surface area contributed by atoms with Gasteiger partial charge in [-0.2, -0.15) is 5.06 Å². The maximum Gasteiger partial charge on any atom is 0.435 e. The van der Waals surface area contributed by atoms with E-state index in [2.05, 4.69) is 15.5 Å². The van der Waals surface area contributed by atoms with E-state index in [9.17, 15) is 4.79 Å². The first kappa shape index (κ1) is 10.5. The van der Waals surface area contributed by atoms with E-state index < -0.39 is 10.1 Å². The van der Waals surface area contributed by atoms with Gasteiger partial charge in [0.05, 0.1) is 14.2 Å². The molecule has 0 fully saturated rings. The van der Waals surface area contributed by atoms with Crippen molar-refractivity contribution in [1.29, 1.82) is 0 Å². The van der Waals surface area contributed by atoms with Crippen LogP contribution in [0.1, 0.15) is 0 Å². The third kappa shape index (κ3) is 2.95. The van der Waals surface area contributed by atoms with E-state index in [-0.39, 0.29) is 0 Å². The van der Waals surface area contributed by atoms with Crippen molar-refractivity contribution in [2.24, 2.45) is 0 Å². The molecule has 0 rings (SSSR count). The molecule has 1 atom stereocenters. The Bertz CT molecular complexity index is 177. The monoisotopic (exact) mass is 269 g/mol. The van der Waals surface area contributed by atoms with Crippen molar-refractivity contribution < 1.29 is 14.4 Å². The number of ether oxygens (including phenoxy) is 1. The normalized spacial score (nSPS) is 11.5. The zero-order valence-electron chi connectivity index (χ0n) is 6.20. The van der Waals surface area contributed by atoms with Gasteiger partial charge in [0, 0.05) is 0 Å². The number of alkyl halides is 1. The molecule has 0 bridgehead atoms.